The topological polar surface area (TPSA) is 49.4 Å². The summed E-state index contributed by atoms with van der Waals surface area (Å²) in [6.07, 6.45) is 0.367. The van der Waals surface area contributed by atoms with Gasteiger partial charge in [0.15, 0.2) is 0 Å². The van der Waals surface area contributed by atoms with Crippen LogP contribution in [0.2, 0.25) is 15.1 Å². The van der Waals surface area contributed by atoms with Crippen molar-refractivity contribution in [2.75, 3.05) is 12.3 Å². The van der Waals surface area contributed by atoms with E-state index in [9.17, 15) is 9.59 Å². The normalized spacial score (nSPS) is 11.6. The Balaban J connectivity index is 1.93. The van der Waals surface area contributed by atoms with Crippen LogP contribution in [-0.2, 0) is 22.6 Å². The molecule has 1 atom stereocenters. The van der Waals surface area contributed by atoms with Crippen molar-refractivity contribution in [1.29, 1.82) is 0 Å². The maximum absolute atomic E-state index is 13.6. The molecule has 2 amide bonds. The summed E-state index contributed by atoms with van der Waals surface area (Å²) >= 11 is 20.2. The molecule has 3 rings (SSSR count). The van der Waals surface area contributed by atoms with Crippen molar-refractivity contribution in [2.24, 2.45) is 0 Å². The second-order valence-corrected chi connectivity index (χ2v) is 9.86. The largest absolute Gasteiger partial charge is 0.355 e. The minimum Gasteiger partial charge on any atom is -0.355 e. The third-order valence-electron chi connectivity index (χ3n) is 5.19. The summed E-state index contributed by atoms with van der Waals surface area (Å²) in [5.41, 5.74) is 1.56. The number of likely N-dealkylation sites (N-methyl/N-ethyl adjacent to an activating group) is 1. The lowest BCUT2D eigenvalue weighted by molar-refractivity contribution is -0.139. The SMILES string of the molecule is CCNC(=O)[C@H](Cc1ccccc1)N(Cc1c(Cl)cccc1Cl)C(=O)CSc1ccc(Cl)cc1. The number of thioether (sulfide) groups is 1. The van der Waals surface area contributed by atoms with Crippen molar-refractivity contribution >= 4 is 58.4 Å². The Kier molecular flexibility index (Phi) is 10.1. The number of carbonyl (C=O) groups is 2. The number of hydrogen-bond donors (Lipinski definition) is 1. The van der Waals surface area contributed by atoms with Crippen LogP contribution in [0.3, 0.4) is 0 Å². The zero-order valence-corrected chi connectivity index (χ0v) is 21.7. The van der Waals surface area contributed by atoms with Crippen LogP contribution in [0.4, 0.5) is 0 Å². The molecule has 1 N–H and O–H groups in total. The lowest BCUT2D eigenvalue weighted by atomic mass is 10.0. The zero-order chi connectivity index (χ0) is 24.5. The summed E-state index contributed by atoms with van der Waals surface area (Å²) in [6.45, 7) is 2.43. The van der Waals surface area contributed by atoms with Crippen LogP contribution in [0, 0.1) is 0 Å². The maximum Gasteiger partial charge on any atom is 0.243 e. The van der Waals surface area contributed by atoms with Gasteiger partial charge >= 0.3 is 0 Å². The average Bonchev–Trinajstić information content (AvgIpc) is 2.83. The Morgan fingerprint density at radius 2 is 1.56 bits per heavy atom. The molecule has 0 spiro atoms. The third kappa shape index (κ3) is 7.41. The van der Waals surface area contributed by atoms with E-state index in [4.69, 9.17) is 34.8 Å². The second kappa shape index (κ2) is 13.1. The number of rotatable bonds is 10. The van der Waals surface area contributed by atoms with Crippen LogP contribution in [0.1, 0.15) is 18.1 Å². The maximum atomic E-state index is 13.6. The molecule has 0 saturated heterocycles. The molecule has 0 bridgehead atoms. The van der Waals surface area contributed by atoms with Gasteiger partial charge in [0.1, 0.15) is 6.04 Å². The quantitative estimate of drug-likeness (QED) is 0.301. The summed E-state index contributed by atoms with van der Waals surface area (Å²) in [5.74, 6) is -0.267. The van der Waals surface area contributed by atoms with Crippen LogP contribution in [-0.4, -0.2) is 35.1 Å². The molecule has 0 heterocycles. The molecule has 0 aliphatic rings. The fraction of sp³-hybridized carbons (Fsp3) is 0.231. The van der Waals surface area contributed by atoms with Gasteiger partial charge in [-0.15, -0.1) is 11.8 Å². The molecule has 0 aromatic heterocycles. The van der Waals surface area contributed by atoms with E-state index < -0.39 is 6.04 Å². The van der Waals surface area contributed by atoms with Crippen molar-refractivity contribution in [3.05, 3.63) is 99.0 Å². The summed E-state index contributed by atoms with van der Waals surface area (Å²) < 4.78 is 0. The minimum atomic E-state index is -0.729. The fourth-order valence-electron chi connectivity index (χ4n) is 3.46. The van der Waals surface area contributed by atoms with Crippen molar-refractivity contribution in [3.8, 4) is 0 Å². The first-order valence-electron chi connectivity index (χ1n) is 10.8. The van der Waals surface area contributed by atoms with Crippen LogP contribution in [0.15, 0.2) is 77.7 Å². The first kappa shape index (κ1) is 26.4. The second-order valence-electron chi connectivity index (χ2n) is 7.56. The molecule has 0 radical (unpaired) electrons. The highest BCUT2D eigenvalue weighted by Gasteiger charge is 2.31. The number of carbonyl (C=O) groups excluding carboxylic acids is 2. The molecule has 4 nitrogen and oxygen atoms in total. The molecule has 0 saturated carbocycles. The first-order chi connectivity index (χ1) is 16.4. The Morgan fingerprint density at radius 1 is 0.912 bits per heavy atom. The van der Waals surface area contributed by atoms with E-state index in [1.165, 1.54) is 11.8 Å². The highest BCUT2D eigenvalue weighted by molar-refractivity contribution is 8.00. The van der Waals surface area contributed by atoms with Gasteiger partial charge in [-0.3, -0.25) is 9.59 Å². The number of nitrogens with zero attached hydrogens (tertiary/aromatic N) is 1. The Hall–Kier alpha value is -2.18. The Labute approximate surface area is 219 Å². The zero-order valence-electron chi connectivity index (χ0n) is 18.6. The number of hydrogen-bond acceptors (Lipinski definition) is 3. The van der Waals surface area contributed by atoms with E-state index in [0.29, 0.717) is 33.6 Å². The van der Waals surface area contributed by atoms with Gasteiger partial charge in [-0.05, 0) is 48.9 Å². The molecular weight excluding hydrogens is 511 g/mol. The summed E-state index contributed by atoms with van der Waals surface area (Å²) in [4.78, 5) is 29.2. The number of benzene rings is 3. The van der Waals surface area contributed by atoms with E-state index in [0.717, 1.165) is 10.5 Å². The van der Waals surface area contributed by atoms with Crippen molar-refractivity contribution in [1.82, 2.24) is 10.2 Å². The monoisotopic (exact) mass is 534 g/mol. The van der Waals surface area contributed by atoms with Crippen molar-refractivity contribution in [3.63, 3.8) is 0 Å². The molecule has 0 unspecified atom stereocenters. The molecule has 178 valence electrons. The van der Waals surface area contributed by atoms with Crippen LogP contribution >= 0.6 is 46.6 Å². The third-order valence-corrected chi connectivity index (χ3v) is 7.15. The van der Waals surface area contributed by atoms with Gasteiger partial charge in [-0.25, -0.2) is 0 Å². The van der Waals surface area contributed by atoms with E-state index in [1.807, 2.05) is 49.4 Å². The smallest absolute Gasteiger partial charge is 0.243 e. The summed E-state index contributed by atoms with van der Waals surface area (Å²) in [5, 5.41) is 4.40. The van der Waals surface area contributed by atoms with Crippen LogP contribution in [0.5, 0.6) is 0 Å². The number of amides is 2. The molecular formula is C26H25Cl3N2O2S. The molecule has 3 aromatic carbocycles. The van der Waals surface area contributed by atoms with Crippen LogP contribution < -0.4 is 5.32 Å². The van der Waals surface area contributed by atoms with E-state index in [2.05, 4.69) is 5.32 Å². The molecule has 0 aliphatic carbocycles. The average molecular weight is 536 g/mol. The van der Waals surface area contributed by atoms with Gasteiger partial charge in [0.05, 0.1) is 5.75 Å². The molecule has 8 heteroatoms. The predicted molar refractivity (Wildman–Crippen MR) is 142 cm³/mol. The Bertz CT molecular complexity index is 1090. The molecule has 0 fully saturated rings. The van der Waals surface area contributed by atoms with Gasteiger partial charge in [-0.2, -0.15) is 0 Å². The first-order valence-corrected chi connectivity index (χ1v) is 12.9. The molecule has 0 aliphatic heterocycles. The lowest BCUT2D eigenvalue weighted by Gasteiger charge is -2.32. The van der Waals surface area contributed by atoms with Gasteiger partial charge in [-0.1, -0.05) is 71.2 Å². The highest BCUT2D eigenvalue weighted by Crippen LogP contribution is 2.28. The van der Waals surface area contributed by atoms with Gasteiger partial charge in [0.25, 0.3) is 0 Å². The molecule has 3 aromatic rings. The number of nitrogens with one attached hydrogen (secondary N) is 1. The highest BCUT2D eigenvalue weighted by atomic mass is 35.5. The standard InChI is InChI=1S/C26H25Cl3N2O2S/c1-2-30-26(33)24(15-18-7-4-3-5-8-18)31(16-21-22(28)9-6-10-23(21)29)25(32)17-34-20-13-11-19(27)12-14-20/h3-14,24H,2,15-17H2,1H3,(H,30,33)/t24-/m0/s1. The molecule has 34 heavy (non-hydrogen) atoms. The van der Waals surface area contributed by atoms with Crippen molar-refractivity contribution in [2.45, 2.75) is 30.8 Å². The minimum absolute atomic E-state index is 0.118. The summed E-state index contributed by atoms with van der Waals surface area (Å²) in [6, 6.07) is 21.4. The van der Waals surface area contributed by atoms with Gasteiger partial charge in [0, 0.05) is 45.0 Å². The van der Waals surface area contributed by atoms with E-state index in [1.54, 1.807) is 35.2 Å². The van der Waals surface area contributed by atoms with E-state index >= 15 is 0 Å². The van der Waals surface area contributed by atoms with Gasteiger partial charge in [0.2, 0.25) is 11.8 Å². The van der Waals surface area contributed by atoms with Gasteiger partial charge < -0.3 is 10.2 Å². The summed E-state index contributed by atoms with van der Waals surface area (Å²) in [7, 11) is 0. The lowest BCUT2D eigenvalue weighted by Crippen LogP contribution is -2.51. The number of halogens is 3. The van der Waals surface area contributed by atoms with E-state index in [-0.39, 0.29) is 24.1 Å². The predicted octanol–water partition coefficient (Wildman–Crippen LogP) is 6.52. The fourth-order valence-corrected chi connectivity index (χ4v) is 4.89. The van der Waals surface area contributed by atoms with Crippen LogP contribution in [0.25, 0.3) is 0 Å². The Morgan fingerprint density at radius 3 is 2.18 bits per heavy atom. The van der Waals surface area contributed by atoms with Crippen molar-refractivity contribution < 1.29 is 9.59 Å².